The molecule has 2 N–H and O–H groups in total. The summed E-state index contributed by atoms with van der Waals surface area (Å²) in [6.07, 6.45) is 5.38. The molecule has 0 radical (unpaired) electrons. The van der Waals surface area contributed by atoms with E-state index in [0.29, 0.717) is 11.3 Å². The van der Waals surface area contributed by atoms with Crippen LogP contribution in [0.2, 0.25) is 0 Å². The van der Waals surface area contributed by atoms with Crippen molar-refractivity contribution in [3.8, 4) is 17.5 Å². The quantitative estimate of drug-likeness (QED) is 0.554. The Morgan fingerprint density at radius 2 is 1.92 bits per heavy atom. The van der Waals surface area contributed by atoms with Crippen LogP contribution in [0.4, 0.5) is 0 Å². The monoisotopic (exact) mass is 327 g/mol. The second-order valence-corrected chi connectivity index (χ2v) is 5.52. The van der Waals surface area contributed by atoms with Crippen LogP contribution in [-0.2, 0) is 0 Å². The van der Waals surface area contributed by atoms with E-state index in [4.69, 9.17) is 0 Å². The summed E-state index contributed by atoms with van der Waals surface area (Å²) in [6.45, 7) is 0. The SMILES string of the molecule is O=C(O)c1cccc(C#Cc2ccc3cn[nH]c3c2)c1-n1cccc1. The number of nitrogens with one attached hydrogen (secondary N) is 1. The van der Waals surface area contributed by atoms with Crippen LogP contribution in [0.15, 0.2) is 67.1 Å². The van der Waals surface area contributed by atoms with Crippen LogP contribution in [0.1, 0.15) is 21.5 Å². The highest BCUT2D eigenvalue weighted by Crippen LogP contribution is 2.20. The van der Waals surface area contributed by atoms with Gasteiger partial charge in [0.2, 0.25) is 0 Å². The summed E-state index contributed by atoms with van der Waals surface area (Å²) < 4.78 is 1.77. The molecule has 0 saturated heterocycles. The Labute approximate surface area is 143 Å². The molecule has 25 heavy (non-hydrogen) atoms. The van der Waals surface area contributed by atoms with Crippen molar-refractivity contribution in [3.05, 3.63) is 83.8 Å². The number of aromatic amines is 1. The standard InChI is InChI=1S/C20H13N3O2/c24-20(25)17-5-3-4-15(19(17)23-10-1-2-11-23)8-6-14-7-9-16-13-21-22-18(16)12-14/h1-5,7,9-13H,(H,21,22)(H,24,25). The minimum absolute atomic E-state index is 0.215. The van der Waals surface area contributed by atoms with Gasteiger partial charge in [0.1, 0.15) is 0 Å². The maximum atomic E-state index is 11.6. The third-order valence-corrected chi connectivity index (χ3v) is 3.91. The zero-order chi connectivity index (χ0) is 17.2. The molecular weight excluding hydrogens is 314 g/mol. The van der Waals surface area contributed by atoms with E-state index in [0.717, 1.165) is 16.5 Å². The van der Waals surface area contributed by atoms with E-state index in [2.05, 4.69) is 22.0 Å². The number of hydrogen-bond donors (Lipinski definition) is 2. The third kappa shape index (κ3) is 2.77. The summed E-state index contributed by atoms with van der Waals surface area (Å²) in [6, 6.07) is 14.6. The predicted molar refractivity (Wildman–Crippen MR) is 94.8 cm³/mol. The molecule has 120 valence electrons. The lowest BCUT2D eigenvalue weighted by molar-refractivity contribution is 0.0697. The Balaban J connectivity index is 1.83. The van der Waals surface area contributed by atoms with Crippen molar-refractivity contribution in [2.24, 2.45) is 0 Å². The van der Waals surface area contributed by atoms with Gasteiger partial charge in [0, 0.05) is 28.9 Å². The first-order valence-electron chi connectivity index (χ1n) is 7.67. The summed E-state index contributed by atoms with van der Waals surface area (Å²) in [7, 11) is 0. The Bertz CT molecular complexity index is 1130. The highest BCUT2D eigenvalue weighted by molar-refractivity contribution is 5.93. The summed E-state index contributed by atoms with van der Waals surface area (Å²) in [5, 5.41) is 17.4. The van der Waals surface area contributed by atoms with Crippen molar-refractivity contribution in [2.75, 3.05) is 0 Å². The third-order valence-electron chi connectivity index (χ3n) is 3.91. The van der Waals surface area contributed by atoms with Gasteiger partial charge in [-0.2, -0.15) is 5.10 Å². The number of fused-ring (bicyclic) bond motifs is 1. The van der Waals surface area contributed by atoms with Gasteiger partial charge in [-0.25, -0.2) is 4.79 Å². The molecule has 0 fully saturated rings. The number of hydrogen-bond acceptors (Lipinski definition) is 2. The van der Waals surface area contributed by atoms with Gasteiger partial charge in [0.15, 0.2) is 0 Å². The first-order chi connectivity index (χ1) is 12.2. The molecule has 2 aromatic heterocycles. The molecule has 0 amide bonds. The smallest absolute Gasteiger partial charge is 0.337 e. The molecule has 0 bridgehead atoms. The second-order valence-electron chi connectivity index (χ2n) is 5.52. The van der Waals surface area contributed by atoms with Crippen molar-refractivity contribution in [1.82, 2.24) is 14.8 Å². The fourth-order valence-corrected chi connectivity index (χ4v) is 2.73. The Hall–Kier alpha value is -3.78. The number of H-pyrrole nitrogens is 1. The molecule has 0 saturated carbocycles. The Morgan fingerprint density at radius 1 is 1.08 bits per heavy atom. The number of aromatic nitrogens is 3. The number of carboxylic acids is 1. The van der Waals surface area contributed by atoms with E-state index in [1.54, 1.807) is 22.9 Å². The summed E-state index contributed by atoms with van der Waals surface area (Å²) in [5.41, 5.74) is 3.18. The predicted octanol–water partition coefficient (Wildman–Crippen LogP) is 3.45. The topological polar surface area (TPSA) is 70.9 Å². The molecule has 5 heteroatoms. The van der Waals surface area contributed by atoms with Crippen molar-refractivity contribution in [3.63, 3.8) is 0 Å². The van der Waals surface area contributed by atoms with Crippen LogP contribution < -0.4 is 0 Å². The zero-order valence-corrected chi connectivity index (χ0v) is 13.1. The highest BCUT2D eigenvalue weighted by atomic mass is 16.4. The number of rotatable bonds is 2. The van der Waals surface area contributed by atoms with Crippen LogP contribution in [0, 0.1) is 11.8 Å². The first-order valence-corrected chi connectivity index (χ1v) is 7.67. The Kier molecular flexibility index (Phi) is 3.56. The van der Waals surface area contributed by atoms with Crippen LogP contribution in [0.3, 0.4) is 0 Å². The van der Waals surface area contributed by atoms with E-state index in [1.807, 2.05) is 48.8 Å². The molecular formula is C20H13N3O2. The van der Waals surface area contributed by atoms with Crippen LogP contribution in [0.25, 0.3) is 16.6 Å². The molecule has 0 spiro atoms. The Morgan fingerprint density at radius 3 is 2.72 bits per heavy atom. The molecule has 0 aliphatic rings. The summed E-state index contributed by atoms with van der Waals surface area (Å²) in [4.78, 5) is 11.6. The molecule has 5 nitrogen and oxygen atoms in total. The summed E-state index contributed by atoms with van der Waals surface area (Å²) in [5.74, 6) is 5.23. The fraction of sp³-hybridized carbons (Fsp3) is 0. The van der Waals surface area contributed by atoms with Gasteiger partial charge in [-0.05, 0) is 42.5 Å². The van der Waals surface area contributed by atoms with E-state index in [9.17, 15) is 9.90 Å². The second kappa shape index (κ2) is 6.02. The number of para-hydroxylation sites is 1. The number of carbonyl (C=O) groups is 1. The lowest BCUT2D eigenvalue weighted by Crippen LogP contribution is -2.06. The van der Waals surface area contributed by atoms with E-state index in [1.165, 1.54) is 0 Å². The van der Waals surface area contributed by atoms with E-state index >= 15 is 0 Å². The first kappa shape index (κ1) is 14.8. The minimum atomic E-state index is -0.980. The van der Waals surface area contributed by atoms with Crippen molar-refractivity contribution < 1.29 is 9.90 Å². The fourth-order valence-electron chi connectivity index (χ4n) is 2.73. The van der Waals surface area contributed by atoms with Gasteiger partial charge in [0.05, 0.1) is 23.0 Å². The van der Waals surface area contributed by atoms with Gasteiger partial charge >= 0.3 is 5.97 Å². The average Bonchev–Trinajstić information content (AvgIpc) is 3.30. The maximum absolute atomic E-state index is 11.6. The molecule has 4 aromatic rings. The minimum Gasteiger partial charge on any atom is -0.478 e. The van der Waals surface area contributed by atoms with Gasteiger partial charge in [0.25, 0.3) is 0 Å². The van der Waals surface area contributed by atoms with Gasteiger partial charge in [-0.15, -0.1) is 0 Å². The molecule has 0 aliphatic heterocycles. The number of nitrogens with zero attached hydrogens (tertiary/aromatic N) is 2. The van der Waals surface area contributed by atoms with Gasteiger partial charge in [-0.1, -0.05) is 17.9 Å². The molecule has 0 unspecified atom stereocenters. The molecule has 0 atom stereocenters. The van der Waals surface area contributed by atoms with Gasteiger partial charge < -0.3 is 9.67 Å². The van der Waals surface area contributed by atoms with Crippen molar-refractivity contribution in [1.29, 1.82) is 0 Å². The molecule has 4 rings (SSSR count). The van der Waals surface area contributed by atoms with E-state index < -0.39 is 5.97 Å². The van der Waals surface area contributed by atoms with Crippen LogP contribution >= 0.6 is 0 Å². The van der Waals surface area contributed by atoms with Crippen molar-refractivity contribution in [2.45, 2.75) is 0 Å². The number of carboxylic acid groups (broad SMARTS) is 1. The number of benzene rings is 2. The molecule has 0 aliphatic carbocycles. The van der Waals surface area contributed by atoms with Crippen LogP contribution in [-0.4, -0.2) is 25.8 Å². The molecule has 2 heterocycles. The molecule has 2 aromatic carbocycles. The average molecular weight is 327 g/mol. The number of aromatic carboxylic acids is 1. The van der Waals surface area contributed by atoms with Gasteiger partial charge in [-0.3, -0.25) is 5.10 Å². The maximum Gasteiger partial charge on any atom is 0.337 e. The summed E-state index contributed by atoms with van der Waals surface area (Å²) >= 11 is 0. The van der Waals surface area contributed by atoms with Crippen LogP contribution in [0.5, 0.6) is 0 Å². The van der Waals surface area contributed by atoms with Crippen molar-refractivity contribution >= 4 is 16.9 Å². The van der Waals surface area contributed by atoms with E-state index in [-0.39, 0.29) is 5.56 Å². The lowest BCUT2D eigenvalue weighted by atomic mass is 10.1. The highest BCUT2D eigenvalue weighted by Gasteiger charge is 2.14. The largest absolute Gasteiger partial charge is 0.478 e. The lowest BCUT2D eigenvalue weighted by Gasteiger charge is -2.10. The zero-order valence-electron chi connectivity index (χ0n) is 13.1. The normalized spacial score (nSPS) is 10.4.